The Morgan fingerprint density at radius 2 is 1.26 bits per heavy atom. The van der Waals surface area contributed by atoms with Crippen molar-refractivity contribution in [1.82, 2.24) is 55.7 Å². The number of aliphatic hydroxyl groups is 1. The van der Waals surface area contributed by atoms with Crippen LogP contribution in [-0.4, -0.2) is 242 Å². The number of Topliss-reactive ketones (excluding diaryl/α,β-unsaturated/α-hetero) is 1. The second-order valence-electron chi connectivity index (χ2n) is 25.6. The Kier molecular flexibility index (Phi) is 21.7. The van der Waals surface area contributed by atoms with Gasteiger partial charge in [-0.05, 0) is 77.3 Å². The standard InChI is InChI=1S/C62H83ClN12O18/c1-24(2)42-58(86)74-28(8)19-36(77)49(74)60(88)71(14)23-39(79)73(16)48(26(5)6)62(90)91-32(12)44(55(83)66-42)68-53(81)33-18-17-27(7)51-45(33)65-47-40(41(64)50(80)29(9)52(47)93-51)54(82)69-46-37(21-63)92-61(89)31(11)72(15)38(78)22-70(13)57(85)34-20-35(76)30(10)75(34)59(87)43(25(3)4)67-56(46)84/h17-18,24-26,28,30-32,34,36-37,42-44,46,48-49,77H,19-23,64H2,1-16H3,(H,66,83)(H,67,84)(H,68,81)(H,69,82)/t28-,30-,31-,32+,34-,36-,37-,42+,43+,44-,46-,48-,49-/m0/s1. The molecule has 506 valence electrons. The van der Waals surface area contributed by atoms with E-state index in [1.54, 1.807) is 55.4 Å². The fourth-order valence-corrected chi connectivity index (χ4v) is 12.4. The molecule has 0 spiro atoms. The van der Waals surface area contributed by atoms with Crippen LogP contribution in [0.2, 0.25) is 0 Å². The van der Waals surface area contributed by atoms with Crippen LogP contribution in [0.4, 0.5) is 5.69 Å². The Bertz CT molecular complexity index is 3590. The number of esters is 2. The smallest absolute Gasteiger partial charge is 0.329 e. The molecule has 1 aromatic carbocycles. The van der Waals surface area contributed by atoms with E-state index in [4.69, 9.17) is 36.2 Å². The Balaban J connectivity index is 1.34. The number of aryl methyl sites for hydroxylation is 1. The molecule has 5 heterocycles. The number of amides is 10. The molecule has 0 radical (unpaired) electrons. The highest BCUT2D eigenvalue weighted by atomic mass is 35.5. The number of rotatable bonds is 8. The lowest BCUT2D eigenvalue weighted by Crippen LogP contribution is -2.62. The summed E-state index contributed by atoms with van der Waals surface area (Å²) in [6.45, 7) is 16.9. The van der Waals surface area contributed by atoms with E-state index < -0.39 is 221 Å². The van der Waals surface area contributed by atoms with Gasteiger partial charge in [-0.3, -0.25) is 57.5 Å². The van der Waals surface area contributed by atoms with Gasteiger partial charge in [-0.25, -0.2) is 14.6 Å². The molecule has 10 amide bonds. The summed E-state index contributed by atoms with van der Waals surface area (Å²) < 4.78 is 18.1. The first-order valence-corrected chi connectivity index (χ1v) is 31.1. The number of anilines is 1. The van der Waals surface area contributed by atoms with Gasteiger partial charge in [0.25, 0.3) is 11.8 Å². The van der Waals surface area contributed by atoms with Crippen molar-refractivity contribution in [3.8, 4) is 11.5 Å². The summed E-state index contributed by atoms with van der Waals surface area (Å²) in [5.74, 6) is -15.3. The number of hydrogen-bond donors (Lipinski definition) is 6. The Labute approximate surface area is 541 Å². The van der Waals surface area contributed by atoms with Crippen molar-refractivity contribution in [3.05, 3.63) is 44.6 Å². The van der Waals surface area contributed by atoms with Crippen LogP contribution in [-0.2, 0) is 62.2 Å². The minimum atomic E-state index is -2.09. The Hall–Kier alpha value is -8.80. The fourth-order valence-electron chi connectivity index (χ4n) is 12.2. The van der Waals surface area contributed by atoms with Gasteiger partial charge in [0.15, 0.2) is 17.1 Å². The zero-order chi connectivity index (χ0) is 69.6. The van der Waals surface area contributed by atoms with Crippen LogP contribution in [0.15, 0.2) is 21.3 Å². The number of fused-ring (bicyclic) bond motifs is 4. The van der Waals surface area contributed by atoms with Crippen LogP contribution in [0.3, 0.4) is 0 Å². The van der Waals surface area contributed by atoms with Crippen molar-refractivity contribution in [1.29, 1.82) is 0 Å². The number of ketones is 1. The van der Waals surface area contributed by atoms with Crippen LogP contribution in [0, 0.1) is 31.6 Å². The summed E-state index contributed by atoms with van der Waals surface area (Å²) in [6, 6.07) is -11.7. The molecule has 7 N–H and O–H groups in total. The molecule has 0 unspecified atom stereocenters. The van der Waals surface area contributed by atoms with E-state index in [1.807, 2.05) is 0 Å². The normalized spacial score (nSPS) is 28.1. The first-order valence-electron chi connectivity index (χ1n) is 30.6. The number of nitrogens with zero attached hydrogens (tertiary/aromatic N) is 7. The van der Waals surface area contributed by atoms with Crippen LogP contribution < -0.4 is 32.4 Å². The summed E-state index contributed by atoms with van der Waals surface area (Å²) >= 11 is 6.49. The highest BCUT2D eigenvalue weighted by molar-refractivity contribution is 6.19. The van der Waals surface area contributed by atoms with Crippen LogP contribution in [0.25, 0.3) is 22.6 Å². The Morgan fingerprint density at radius 3 is 1.83 bits per heavy atom. The van der Waals surface area contributed by atoms with E-state index in [0.29, 0.717) is 5.56 Å². The van der Waals surface area contributed by atoms with E-state index in [9.17, 15) is 62.6 Å². The fraction of sp³-hybridized carbons (Fsp3) is 0.597. The van der Waals surface area contributed by atoms with Crippen LogP contribution >= 0.6 is 11.6 Å². The topological polar surface area (TPSA) is 397 Å². The lowest BCUT2D eigenvalue weighted by Gasteiger charge is -2.37. The molecule has 0 aromatic heterocycles. The number of hydrogen-bond acceptors (Lipinski definition) is 20. The number of nitrogens with one attached hydrogen (secondary N) is 4. The molecule has 13 atom stereocenters. The summed E-state index contributed by atoms with van der Waals surface area (Å²) in [4.78, 5) is 212. The average Bonchev–Trinajstić information content (AvgIpc) is 1.48. The molecule has 0 saturated carbocycles. The lowest BCUT2D eigenvalue weighted by molar-refractivity contribution is -0.163. The van der Waals surface area contributed by atoms with Crippen molar-refractivity contribution < 1.29 is 81.3 Å². The molecule has 4 saturated heterocycles. The molecule has 1 aromatic rings. The average molecular weight is 1320 g/mol. The van der Waals surface area contributed by atoms with Gasteiger partial charge in [0.1, 0.15) is 71.8 Å². The van der Waals surface area contributed by atoms with E-state index in [-0.39, 0.29) is 34.4 Å². The quantitative estimate of drug-likeness (QED) is 0.0698. The van der Waals surface area contributed by atoms with Crippen molar-refractivity contribution in [2.45, 2.75) is 175 Å². The maximum Gasteiger partial charge on any atom is 0.329 e. The molecular weight excluding hydrogens is 1240 g/mol. The number of nitrogens with two attached hydrogens (primary N) is 1. The lowest BCUT2D eigenvalue weighted by atomic mass is 9.98. The van der Waals surface area contributed by atoms with Gasteiger partial charge in [-0.2, -0.15) is 0 Å². The van der Waals surface area contributed by atoms with Gasteiger partial charge in [-0.1, -0.05) is 47.6 Å². The predicted molar refractivity (Wildman–Crippen MR) is 332 cm³/mol. The number of ether oxygens (including phenoxy) is 2. The second kappa shape index (κ2) is 28.2. The number of halogens is 1. The maximum atomic E-state index is 15.2. The Morgan fingerprint density at radius 1 is 0.710 bits per heavy atom. The highest BCUT2D eigenvalue weighted by Gasteiger charge is 2.52. The number of carbonyl (C=O) groups excluding carboxylic acids is 13. The summed E-state index contributed by atoms with van der Waals surface area (Å²) in [5, 5.41) is 21.6. The monoisotopic (exact) mass is 1320 g/mol. The molecule has 0 bridgehead atoms. The zero-order valence-electron chi connectivity index (χ0n) is 54.9. The molecule has 4 fully saturated rings. The number of alkyl halides is 1. The van der Waals surface area contributed by atoms with Gasteiger partial charge in [0.2, 0.25) is 52.7 Å². The van der Waals surface area contributed by atoms with Crippen molar-refractivity contribution in [2.75, 3.05) is 52.9 Å². The van der Waals surface area contributed by atoms with Gasteiger partial charge >= 0.3 is 11.9 Å². The number of cyclic esters (lactones) is 2. The van der Waals surface area contributed by atoms with Crippen LogP contribution in [0.5, 0.6) is 0 Å². The highest BCUT2D eigenvalue weighted by Crippen LogP contribution is 2.36. The number of aliphatic hydroxyl groups excluding tert-OH is 1. The molecule has 31 heteroatoms. The molecule has 7 rings (SSSR count). The van der Waals surface area contributed by atoms with Crippen molar-refractivity contribution >= 4 is 105 Å². The number of benzene rings is 2. The predicted octanol–water partition coefficient (Wildman–Crippen LogP) is -0.765. The summed E-state index contributed by atoms with van der Waals surface area (Å²) in [6.07, 6.45) is -5.24. The van der Waals surface area contributed by atoms with Crippen LogP contribution in [0.1, 0.15) is 114 Å². The van der Waals surface area contributed by atoms with E-state index in [0.717, 1.165) is 29.4 Å². The zero-order valence-corrected chi connectivity index (χ0v) is 55.7. The van der Waals surface area contributed by atoms with Crippen molar-refractivity contribution in [2.24, 2.45) is 17.8 Å². The molecule has 93 heavy (non-hydrogen) atoms. The van der Waals surface area contributed by atoms with E-state index >= 15 is 9.59 Å². The molecule has 30 nitrogen and oxygen atoms in total. The first-order chi connectivity index (χ1) is 43.4. The maximum absolute atomic E-state index is 15.2. The van der Waals surface area contributed by atoms with Crippen molar-refractivity contribution in [3.63, 3.8) is 0 Å². The van der Waals surface area contributed by atoms with E-state index in [2.05, 4.69) is 21.3 Å². The number of likely N-dealkylation sites (N-methyl/N-ethyl adjacent to an activating group) is 4. The second-order valence-corrected chi connectivity index (χ2v) is 25.9. The minimum Gasteiger partial charge on any atom is -0.458 e. The number of aromatic nitrogens is 1. The molecule has 1 aliphatic carbocycles. The van der Waals surface area contributed by atoms with Gasteiger partial charge in [0.05, 0.1) is 47.9 Å². The van der Waals surface area contributed by atoms with Gasteiger partial charge < -0.3 is 75.4 Å². The first kappa shape index (κ1) is 71.6. The third kappa shape index (κ3) is 14.0. The third-order valence-corrected chi connectivity index (χ3v) is 18.2. The third-order valence-electron chi connectivity index (χ3n) is 17.9. The van der Waals surface area contributed by atoms with Gasteiger partial charge in [-0.15, -0.1) is 11.6 Å². The summed E-state index contributed by atoms with van der Waals surface area (Å²) in [5.41, 5.74) is 2.91. The number of nitrogen functional groups attached to an aromatic ring is 1. The molecule has 6 aliphatic rings. The van der Waals surface area contributed by atoms with E-state index in [1.165, 1.54) is 68.0 Å². The number of carbonyl (C=O) groups is 13. The minimum absolute atomic E-state index is 0.0330. The molecule has 5 aliphatic heterocycles. The van der Waals surface area contributed by atoms with Gasteiger partial charge in [0, 0.05) is 46.2 Å². The largest absolute Gasteiger partial charge is 0.458 e. The summed E-state index contributed by atoms with van der Waals surface area (Å²) in [7, 11) is 5.16. The SMILES string of the molecule is Cc1c2oc3c(C)ccc(C(=O)N[C@@H]4C(=O)N[C@H](C(C)C)C(=O)N5[C@H](C(=O)N(C)CC(=O)N(C)[C@@H](C(C)C)C(=O)O[C@@H]4C)[C@@H](O)C[C@@H]5C)c3nc-2c(C(=O)N[C@@H]2C(=O)N[C@H](C(C)C)C(=O)N3[C@@H](C)C(=O)C[C@H]3C(=O)N(C)CC(=O)N(C)[C@@H](C)C(=O)O[C@H]2CCl)c(N)c1=O. The molecular formula is C62H83ClN12O18.